The summed E-state index contributed by atoms with van der Waals surface area (Å²) in [4.78, 5) is 16.8. The van der Waals surface area contributed by atoms with Crippen molar-refractivity contribution in [1.82, 2.24) is 9.21 Å². The fourth-order valence-corrected chi connectivity index (χ4v) is 6.81. The van der Waals surface area contributed by atoms with Gasteiger partial charge < -0.3 is 9.64 Å². The van der Waals surface area contributed by atoms with Gasteiger partial charge in [0.05, 0.1) is 18.3 Å². The van der Waals surface area contributed by atoms with Gasteiger partial charge in [-0.05, 0) is 41.0 Å². The van der Waals surface area contributed by atoms with Crippen molar-refractivity contribution in [2.24, 2.45) is 0 Å². The molecule has 4 rings (SSSR count). The van der Waals surface area contributed by atoms with Crippen LogP contribution in [-0.2, 0) is 31.7 Å². The highest BCUT2D eigenvalue weighted by molar-refractivity contribution is 7.88. The second-order valence-electron chi connectivity index (χ2n) is 8.37. The van der Waals surface area contributed by atoms with Gasteiger partial charge in [0.25, 0.3) is 0 Å². The molecule has 1 unspecified atom stereocenters. The molecule has 0 bridgehead atoms. The van der Waals surface area contributed by atoms with Crippen LogP contribution < -0.4 is 0 Å². The molecule has 1 atom stereocenters. The highest BCUT2D eigenvalue weighted by atomic mass is 32.2. The molecule has 8 heteroatoms. The van der Waals surface area contributed by atoms with Gasteiger partial charge >= 0.3 is 0 Å². The van der Waals surface area contributed by atoms with Crippen molar-refractivity contribution in [3.63, 3.8) is 0 Å². The number of methoxy groups -OCH3 is 1. The van der Waals surface area contributed by atoms with E-state index in [4.69, 9.17) is 4.74 Å². The molecule has 0 fully saturated rings. The van der Waals surface area contributed by atoms with E-state index in [1.54, 1.807) is 30.6 Å². The maximum Gasteiger partial charge on any atom is 0.238 e. The van der Waals surface area contributed by atoms with Crippen molar-refractivity contribution in [1.29, 1.82) is 0 Å². The average molecular weight is 499 g/mol. The van der Waals surface area contributed by atoms with E-state index >= 15 is 0 Å². The van der Waals surface area contributed by atoms with Crippen molar-refractivity contribution < 1.29 is 17.9 Å². The minimum Gasteiger partial charge on any atom is -0.385 e. The molecule has 1 amide bonds. The number of rotatable bonds is 10. The minimum absolute atomic E-state index is 0.134. The first kappa shape index (κ1) is 24.6. The van der Waals surface area contributed by atoms with Crippen molar-refractivity contribution in [3.8, 4) is 0 Å². The number of benzene rings is 2. The third-order valence-electron chi connectivity index (χ3n) is 6.05. The third kappa shape index (κ3) is 5.75. The van der Waals surface area contributed by atoms with E-state index in [1.807, 2.05) is 53.4 Å². The molecule has 0 radical (unpaired) electrons. The molecule has 1 aromatic heterocycles. The van der Waals surface area contributed by atoms with Gasteiger partial charge in [-0.2, -0.15) is 4.31 Å². The number of sulfonamides is 1. The van der Waals surface area contributed by atoms with E-state index in [0.29, 0.717) is 25.1 Å². The van der Waals surface area contributed by atoms with Crippen LogP contribution in [0.1, 0.15) is 34.0 Å². The van der Waals surface area contributed by atoms with Gasteiger partial charge in [-0.15, -0.1) is 11.3 Å². The zero-order valence-corrected chi connectivity index (χ0v) is 20.9. The first-order chi connectivity index (χ1) is 16.5. The van der Waals surface area contributed by atoms with Crippen LogP contribution in [0.3, 0.4) is 0 Å². The Morgan fingerprint density at radius 3 is 2.50 bits per heavy atom. The Bertz CT molecular complexity index is 1180. The van der Waals surface area contributed by atoms with Crippen molar-refractivity contribution in [2.75, 3.05) is 33.4 Å². The fourth-order valence-electron chi connectivity index (χ4n) is 4.40. The second-order valence-corrected chi connectivity index (χ2v) is 11.3. The number of carbonyl (C=O) groups excluding carboxylic acids is 1. The number of carbonyl (C=O) groups is 1. The van der Waals surface area contributed by atoms with E-state index in [-0.39, 0.29) is 30.8 Å². The number of thiophene rings is 1. The molecule has 3 aromatic rings. The lowest BCUT2D eigenvalue weighted by Gasteiger charge is -2.37. The maximum atomic E-state index is 13.6. The Labute approximate surface area is 205 Å². The van der Waals surface area contributed by atoms with Crippen LogP contribution in [0.5, 0.6) is 0 Å². The summed E-state index contributed by atoms with van der Waals surface area (Å²) in [6.45, 7) is 1.06. The van der Waals surface area contributed by atoms with Crippen LogP contribution in [-0.4, -0.2) is 56.9 Å². The second kappa shape index (κ2) is 11.3. The molecule has 0 saturated carbocycles. The number of hydrogen-bond donors (Lipinski definition) is 0. The zero-order valence-electron chi connectivity index (χ0n) is 19.3. The lowest BCUT2D eigenvalue weighted by Crippen LogP contribution is -2.47. The molecule has 0 N–H and O–H groups in total. The van der Waals surface area contributed by atoms with Gasteiger partial charge in [0.2, 0.25) is 15.9 Å². The lowest BCUT2D eigenvalue weighted by molar-refractivity contribution is -0.133. The number of amides is 1. The Balaban J connectivity index is 1.58. The predicted molar refractivity (Wildman–Crippen MR) is 135 cm³/mol. The highest BCUT2D eigenvalue weighted by Crippen LogP contribution is 2.37. The molecule has 1 aliphatic rings. The van der Waals surface area contributed by atoms with Crippen LogP contribution in [0.15, 0.2) is 72.1 Å². The normalized spacial score (nSPS) is 15.9. The van der Waals surface area contributed by atoms with Gasteiger partial charge in [0, 0.05) is 31.7 Å². The number of hydrogen-bond acceptors (Lipinski definition) is 5. The largest absolute Gasteiger partial charge is 0.385 e. The van der Waals surface area contributed by atoms with E-state index in [9.17, 15) is 13.2 Å². The number of nitrogens with zero attached hydrogens (tertiary/aromatic N) is 2. The lowest BCUT2D eigenvalue weighted by atomic mass is 9.93. The molecule has 1 aliphatic heterocycles. The molecule has 6 nitrogen and oxygen atoms in total. The molecule has 0 spiro atoms. The Kier molecular flexibility index (Phi) is 8.15. The summed E-state index contributed by atoms with van der Waals surface area (Å²) in [6, 6.07) is 20.9. The van der Waals surface area contributed by atoms with Gasteiger partial charge in [-0.3, -0.25) is 4.79 Å². The summed E-state index contributed by atoms with van der Waals surface area (Å²) >= 11 is 1.71. The van der Waals surface area contributed by atoms with Gasteiger partial charge in [0.15, 0.2) is 0 Å². The van der Waals surface area contributed by atoms with Gasteiger partial charge in [-0.1, -0.05) is 60.7 Å². The van der Waals surface area contributed by atoms with Crippen molar-refractivity contribution in [3.05, 3.63) is 93.7 Å². The number of fused-ring (bicyclic) bond motifs is 1. The van der Waals surface area contributed by atoms with E-state index in [1.165, 1.54) is 9.18 Å². The summed E-state index contributed by atoms with van der Waals surface area (Å²) in [5.74, 6) is -0.315. The first-order valence-electron chi connectivity index (χ1n) is 11.4. The molecule has 180 valence electrons. The van der Waals surface area contributed by atoms with E-state index in [2.05, 4.69) is 11.4 Å². The van der Waals surface area contributed by atoms with Crippen LogP contribution >= 0.6 is 11.3 Å². The molecule has 2 heterocycles. The monoisotopic (exact) mass is 498 g/mol. The first-order valence-corrected chi connectivity index (χ1v) is 13.9. The maximum absolute atomic E-state index is 13.6. The van der Waals surface area contributed by atoms with Crippen LogP contribution in [0.2, 0.25) is 0 Å². The smallest absolute Gasteiger partial charge is 0.238 e. The molecule has 0 saturated heterocycles. The third-order valence-corrected chi connectivity index (χ3v) is 8.85. The van der Waals surface area contributed by atoms with E-state index < -0.39 is 10.0 Å². The SMILES string of the molecule is COCCCN(CC(=O)N1CCc2sccc2C1c1ccccc1)S(=O)(=O)Cc1ccccc1. The molecule has 0 aliphatic carbocycles. The Hall–Kier alpha value is -2.52. The van der Waals surface area contributed by atoms with Crippen LogP contribution in [0, 0.1) is 0 Å². The topological polar surface area (TPSA) is 66.9 Å². The van der Waals surface area contributed by atoms with Crippen molar-refractivity contribution >= 4 is 27.3 Å². The van der Waals surface area contributed by atoms with Crippen LogP contribution in [0.25, 0.3) is 0 Å². The number of ether oxygens (including phenoxy) is 1. The Morgan fingerprint density at radius 1 is 1.09 bits per heavy atom. The summed E-state index contributed by atoms with van der Waals surface area (Å²) in [5.41, 5.74) is 2.87. The van der Waals surface area contributed by atoms with Gasteiger partial charge in [0.1, 0.15) is 0 Å². The summed E-state index contributed by atoms with van der Waals surface area (Å²) in [5, 5.41) is 2.07. The van der Waals surface area contributed by atoms with Crippen LogP contribution in [0.4, 0.5) is 0 Å². The minimum atomic E-state index is -3.69. The molecular weight excluding hydrogens is 468 g/mol. The quantitative estimate of drug-likeness (QED) is 0.395. The fraction of sp³-hybridized carbons (Fsp3) is 0.346. The molecule has 2 aromatic carbocycles. The molecular formula is C26H30N2O4S2. The standard InChI is InChI=1S/C26H30N2O4S2/c1-32-17-8-15-27(34(30,31)20-21-9-4-2-5-10-21)19-25(29)28-16-13-24-23(14-18-33-24)26(28)22-11-6-3-7-12-22/h2-7,9-12,14,18,26H,8,13,15-17,19-20H2,1H3. The van der Waals surface area contributed by atoms with E-state index in [0.717, 1.165) is 17.5 Å². The van der Waals surface area contributed by atoms with Crippen molar-refractivity contribution in [2.45, 2.75) is 24.6 Å². The summed E-state index contributed by atoms with van der Waals surface area (Å²) in [7, 11) is -2.10. The molecule has 34 heavy (non-hydrogen) atoms. The summed E-state index contributed by atoms with van der Waals surface area (Å²) < 4.78 is 33.1. The highest BCUT2D eigenvalue weighted by Gasteiger charge is 2.35. The average Bonchev–Trinajstić information content (AvgIpc) is 3.32. The zero-order chi connectivity index (χ0) is 24.0. The summed E-state index contributed by atoms with van der Waals surface area (Å²) in [6.07, 6.45) is 1.30. The predicted octanol–water partition coefficient (Wildman–Crippen LogP) is 4.09. The van der Waals surface area contributed by atoms with Gasteiger partial charge in [-0.25, -0.2) is 8.42 Å². The Morgan fingerprint density at radius 2 is 1.79 bits per heavy atom.